The number of methoxy groups -OCH3 is 1. The summed E-state index contributed by atoms with van der Waals surface area (Å²) >= 11 is 1.21. The Kier molecular flexibility index (Phi) is 5.58. The fourth-order valence-corrected chi connectivity index (χ4v) is 6.05. The van der Waals surface area contributed by atoms with Crippen LogP contribution in [-0.4, -0.2) is 35.0 Å². The van der Waals surface area contributed by atoms with Gasteiger partial charge in [-0.3, -0.25) is 9.36 Å². The zero-order valence-corrected chi connectivity index (χ0v) is 20.0. The van der Waals surface area contributed by atoms with E-state index in [0.717, 1.165) is 16.3 Å². The normalized spacial score (nSPS) is 17.8. The molecule has 182 valence electrons. The minimum atomic E-state index is -1.15. The summed E-state index contributed by atoms with van der Waals surface area (Å²) in [6, 6.07) is 19.5. The van der Waals surface area contributed by atoms with Crippen LogP contribution in [0.2, 0.25) is 0 Å². The average molecular weight is 504 g/mol. The van der Waals surface area contributed by atoms with E-state index >= 15 is 0 Å². The molecule has 0 radical (unpaired) electrons. The van der Waals surface area contributed by atoms with Crippen molar-refractivity contribution in [1.82, 2.24) is 4.57 Å². The highest BCUT2D eigenvalue weighted by molar-refractivity contribution is 8.00. The predicted molar refractivity (Wildman–Crippen MR) is 134 cm³/mol. The lowest BCUT2D eigenvalue weighted by Crippen LogP contribution is -2.33. The highest BCUT2D eigenvalue weighted by Gasteiger charge is 2.41. The van der Waals surface area contributed by atoms with Crippen LogP contribution >= 0.6 is 11.8 Å². The van der Waals surface area contributed by atoms with Crippen LogP contribution in [0.5, 0.6) is 17.2 Å². The summed E-state index contributed by atoms with van der Waals surface area (Å²) in [5.41, 5.74) is 0.908. The first kappa shape index (κ1) is 22.5. The summed E-state index contributed by atoms with van der Waals surface area (Å²) in [7, 11) is 1.44. The van der Waals surface area contributed by atoms with E-state index in [1.165, 1.54) is 29.5 Å². The Bertz CT molecular complexity index is 1560. The molecule has 3 heterocycles. The molecule has 36 heavy (non-hydrogen) atoms. The number of benzene rings is 3. The molecule has 6 rings (SSSR count). The zero-order chi connectivity index (χ0) is 24.8. The van der Waals surface area contributed by atoms with E-state index in [0.29, 0.717) is 33.4 Å². The van der Waals surface area contributed by atoms with Crippen LogP contribution in [0.1, 0.15) is 11.6 Å². The van der Waals surface area contributed by atoms with Crippen LogP contribution in [0.4, 0.5) is 0 Å². The van der Waals surface area contributed by atoms with E-state index < -0.39 is 23.0 Å². The number of carboxylic acids is 1. The molecule has 0 fully saturated rings. The fraction of sp³-hybridized carbons (Fsp3) is 0.185. The summed E-state index contributed by atoms with van der Waals surface area (Å²) in [6.45, 7) is 0.237. The highest BCUT2D eigenvalue weighted by Crippen LogP contribution is 2.47. The number of fused-ring (bicyclic) bond motifs is 3. The molecule has 1 N–H and O–H groups in total. The van der Waals surface area contributed by atoms with Gasteiger partial charge in [-0.2, -0.15) is 0 Å². The van der Waals surface area contributed by atoms with E-state index in [4.69, 9.17) is 18.9 Å². The molecule has 0 amide bonds. The Morgan fingerprint density at radius 3 is 2.72 bits per heavy atom. The van der Waals surface area contributed by atoms with E-state index in [2.05, 4.69) is 0 Å². The molecule has 0 saturated heterocycles. The molecule has 0 spiro atoms. The maximum Gasteiger partial charge on any atom is 0.330 e. The lowest BCUT2D eigenvalue weighted by atomic mass is 10.0. The van der Waals surface area contributed by atoms with Crippen molar-refractivity contribution in [3.05, 3.63) is 82.6 Å². The number of aliphatic carboxylic acids is 1. The summed E-state index contributed by atoms with van der Waals surface area (Å²) < 4.78 is 24.0. The third-order valence-electron chi connectivity index (χ3n) is 6.33. The Morgan fingerprint density at radius 2 is 1.89 bits per heavy atom. The van der Waals surface area contributed by atoms with Gasteiger partial charge >= 0.3 is 5.97 Å². The Labute approximate surface area is 210 Å². The van der Waals surface area contributed by atoms with Crippen LogP contribution in [0.15, 0.2) is 76.6 Å². The van der Waals surface area contributed by atoms with Gasteiger partial charge in [0.05, 0.1) is 5.03 Å². The molecule has 0 bridgehead atoms. The van der Waals surface area contributed by atoms with E-state index in [-0.39, 0.29) is 13.4 Å². The maximum atomic E-state index is 13.2. The summed E-state index contributed by atoms with van der Waals surface area (Å²) in [5, 5.41) is 12.4. The summed E-state index contributed by atoms with van der Waals surface area (Å²) in [4.78, 5) is 25.3. The van der Waals surface area contributed by atoms with Gasteiger partial charge in [-0.25, -0.2) is 4.79 Å². The van der Waals surface area contributed by atoms with Crippen molar-refractivity contribution in [2.75, 3.05) is 13.9 Å². The van der Waals surface area contributed by atoms with Crippen molar-refractivity contribution in [2.24, 2.45) is 0 Å². The Morgan fingerprint density at radius 1 is 1.08 bits per heavy atom. The standard InChI is InChI=1S/C27H21NO7S/c1-32-27-24(26(30)31)28-22(29)12-17(13-33-19-8-4-6-15-5-2-3-7-18(15)19)23(25(28)36-27)16-9-10-20-21(11-16)35-14-34-20/h2-12,24,27H,13-14H2,1H3,(H,30,31)/t24-,27+/m1/s1. The number of hydrogen-bond acceptors (Lipinski definition) is 7. The first-order valence-electron chi connectivity index (χ1n) is 11.3. The molecule has 2 atom stereocenters. The lowest BCUT2D eigenvalue weighted by molar-refractivity contribution is -0.143. The van der Waals surface area contributed by atoms with Gasteiger partial charge in [0.1, 0.15) is 17.8 Å². The van der Waals surface area contributed by atoms with E-state index in [9.17, 15) is 14.7 Å². The number of hydrogen-bond donors (Lipinski definition) is 1. The molecule has 3 aromatic carbocycles. The number of ether oxygens (including phenoxy) is 4. The van der Waals surface area contributed by atoms with Crippen LogP contribution < -0.4 is 19.8 Å². The topological polar surface area (TPSA) is 96.2 Å². The summed E-state index contributed by atoms with van der Waals surface area (Å²) in [5.74, 6) is 0.769. The Balaban J connectivity index is 1.49. The van der Waals surface area contributed by atoms with Gasteiger partial charge in [0.25, 0.3) is 5.56 Å². The number of carboxylic acid groups (broad SMARTS) is 1. The maximum absolute atomic E-state index is 13.2. The average Bonchev–Trinajstić information content (AvgIpc) is 3.52. The number of aromatic nitrogens is 1. The SMILES string of the molecule is CO[C@H]1Sc2c(-c3ccc4c(c3)OCO4)c(COc3cccc4ccccc34)cc(=O)n2[C@@H]1C(=O)O. The predicted octanol–water partition coefficient (Wildman–Crippen LogP) is 4.68. The van der Waals surface area contributed by atoms with Gasteiger partial charge in [-0.05, 0) is 29.1 Å². The van der Waals surface area contributed by atoms with Crippen molar-refractivity contribution in [2.45, 2.75) is 23.1 Å². The number of nitrogens with zero attached hydrogens (tertiary/aromatic N) is 1. The molecule has 0 saturated carbocycles. The van der Waals surface area contributed by atoms with Crippen molar-refractivity contribution in [1.29, 1.82) is 0 Å². The van der Waals surface area contributed by atoms with Gasteiger partial charge in [-0.15, -0.1) is 0 Å². The first-order valence-corrected chi connectivity index (χ1v) is 12.1. The molecule has 0 unspecified atom stereocenters. The van der Waals surface area contributed by atoms with Crippen LogP contribution in [0, 0.1) is 0 Å². The van der Waals surface area contributed by atoms with Crippen molar-refractivity contribution < 1.29 is 28.8 Å². The number of thioether (sulfide) groups is 1. The zero-order valence-electron chi connectivity index (χ0n) is 19.2. The first-order chi connectivity index (χ1) is 17.5. The monoisotopic (exact) mass is 503 g/mol. The van der Waals surface area contributed by atoms with Crippen LogP contribution in [-0.2, 0) is 16.1 Å². The molecule has 2 aliphatic rings. The highest BCUT2D eigenvalue weighted by atomic mass is 32.2. The van der Waals surface area contributed by atoms with Gasteiger partial charge in [-0.1, -0.05) is 54.2 Å². The second-order valence-corrected chi connectivity index (χ2v) is 9.48. The second kappa shape index (κ2) is 8.92. The van der Waals surface area contributed by atoms with Crippen molar-refractivity contribution in [3.63, 3.8) is 0 Å². The van der Waals surface area contributed by atoms with Crippen LogP contribution in [0.25, 0.3) is 21.9 Å². The second-order valence-electron chi connectivity index (χ2n) is 8.40. The summed E-state index contributed by atoms with van der Waals surface area (Å²) in [6.07, 6.45) is 0. The lowest BCUT2D eigenvalue weighted by Gasteiger charge is -2.18. The Hall–Kier alpha value is -3.95. The fourth-order valence-electron chi connectivity index (χ4n) is 4.68. The third-order valence-corrected chi connectivity index (χ3v) is 7.64. The van der Waals surface area contributed by atoms with Gasteiger partial charge in [0.2, 0.25) is 6.79 Å². The molecular formula is C27H21NO7S. The molecule has 9 heteroatoms. The number of rotatable bonds is 6. The largest absolute Gasteiger partial charge is 0.488 e. The minimum absolute atomic E-state index is 0.108. The van der Waals surface area contributed by atoms with Crippen molar-refractivity contribution in [3.8, 4) is 28.4 Å². The third kappa shape index (κ3) is 3.68. The van der Waals surface area contributed by atoms with Crippen molar-refractivity contribution >= 4 is 28.5 Å². The van der Waals surface area contributed by atoms with Gasteiger partial charge in [0.15, 0.2) is 17.5 Å². The van der Waals surface area contributed by atoms with Gasteiger partial charge < -0.3 is 24.1 Å². The quantitative estimate of drug-likeness (QED) is 0.405. The minimum Gasteiger partial charge on any atom is -0.488 e. The number of carbonyl (C=O) groups is 1. The molecule has 8 nitrogen and oxygen atoms in total. The van der Waals surface area contributed by atoms with E-state index in [1.807, 2.05) is 54.6 Å². The number of pyridine rings is 1. The molecular weight excluding hydrogens is 482 g/mol. The van der Waals surface area contributed by atoms with E-state index in [1.54, 1.807) is 6.07 Å². The van der Waals surface area contributed by atoms with Crippen LogP contribution in [0.3, 0.4) is 0 Å². The molecule has 2 aliphatic heterocycles. The smallest absolute Gasteiger partial charge is 0.330 e. The molecule has 0 aliphatic carbocycles. The molecule has 1 aromatic heterocycles. The molecule has 4 aromatic rings. The van der Waals surface area contributed by atoms with Gasteiger partial charge in [0, 0.05) is 29.7 Å².